The van der Waals surface area contributed by atoms with Crippen LogP contribution in [0.1, 0.15) is 0 Å². The van der Waals surface area contributed by atoms with E-state index < -0.39 is 0 Å². The standard InChI is InChI=1S/C3H7PS/c1-2-3-5-4/h2H,1,3-4H2. The van der Waals surface area contributed by atoms with E-state index >= 15 is 0 Å². The molecule has 5 heavy (non-hydrogen) atoms. The summed E-state index contributed by atoms with van der Waals surface area (Å²) in [6.07, 6.45) is 1.87. The highest BCUT2D eigenvalue weighted by molar-refractivity contribution is 8.43. The number of hydrogen-bond donors (Lipinski definition) is 0. The number of rotatable bonds is 2. The lowest BCUT2D eigenvalue weighted by atomic mass is 10.8. The molecule has 0 amide bonds. The zero-order chi connectivity index (χ0) is 4.12. The molecule has 0 aliphatic heterocycles. The minimum Gasteiger partial charge on any atom is -0.137 e. The Morgan fingerprint density at radius 2 is 2.60 bits per heavy atom. The number of hydrogen-bond acceptors (Lipinski definition) is 1. The summed E-state index contributed by atoms with van der Waals surface area (Å²) in [6, 6.07) is 0. The summed E-state index contributed by atoms with van der Waals surface area (Å²) in [5.41, 5.74) is 0. The molecule has 30 valence electrons. The van der Waals surface area contributed by atoms with Gasteiger partial charge in [0, 0.05) is 5.75 Å². The molecule has 0 aliphatic carbocycles. The van der Waals surface area contributed by atoms with Crippen molar-refractivity contribution in [3.8, 4) is 0 Å². The van der Waals surface area contributed by atoms with Crippen molar-refractivity contribution in [2.45, 2.75) is 0 Å². The van der Waals surface area contributed by atoms with Gasteiger partial charge < -0.3 is 0 Å². The normalized spacial score (nSPS) is 7.40. The van der Waals surface area contributed by atoms with Crippen LogP contribution < -0.4 is 0 Å². The van der Waals surface area contributed by atoms with E-state index in [0.717, 1.165) is 5.75 Å². The molecule has 0 radical (unpaired) electrons. The second-order valence-corrected chi connectivity index (χ2v) is 2.29. The minimum absolute atomic E-state index is 1.03. The molecule has 0 bridgehead atoms. The zero-order valence-corrected chi connectivity index (χ0v) is 4.95. The average molecular weight is 106 g/mol. The quantitative estimate of drug-likeness (QED) is 0.381. The second kappa shape index (κ2) is 4.52. The molecule has 0 spiro atoms. The van der Waals surface area contributed by atoms with Crippen molar-refractivity contribution in [1.82, 2.24) is 0 Å². The van der Waals surface area contributed by atoms with E-state index in [1.165, 1.54) is 0 Å². The van der Waals surface area contributed by atoms with Crippen LogP contribution >= 0.6 is 19.8 Å². The highest BCUT2D eigenvalue weighted by Gasteiger charge is 1.61. The van der Waals surface area contributed by atoms with Crippen LogP contribution in [0.25, 0.3) is 0 Å². The summed E-state index contributed by atoms with van der Waals surface area (Å²) in [7, 11) is 2.55. The highest BCUT2D eigenvalue weighted by Crippen LogP contribution is 2.07. The average Bonchev–Trinajstić information content (AvgIpc) is 1.41. The van der Waals surface area contributed by atoms with Crippen LogP contribution in [0, 0.1) is 0 Å². The fraction of sp³-hybridized carbons (Fsp3) is 0.333. The molecule has 0 aliphatic rings. The topological polar surface area (TPSA) is 0 Å². The molecule has 0 fully saturated rings. The van der Waals surface area contributed by atoms with Gasteiger partial charge in [0.05, 0.1) is 0 Å². The fourth-order valence-electron chi connectivity index (χ4n) is 0.0680. The van der Waals surface area contributed by atoms with E-state index in [1.807, 2.05) is 6.08 Å². The zero-order valence-electron chi connectivity index (χ0n) is 2.98. The van der Waals surface area contributed by atoms with Gasteiger partial charge in [-0.25, -0.2) is 0 Å². The highest BCUT2D eigenvalue weighted by atomic mass is 32.7. The van der Waals surface area contributed by atoms with E-state index in [0.29, 0.717) is 0 Å². The van der Waals surface area contributed by atoms with Crippen LogP contribution in [0.3, 0.4) is 0 Å². The third-order valence-electron chi connectivity index (χ3n) is 0.214. The summed E-state index contributed by atoms with van der Waals surface area (Å²) in [4.78, 5) is 0. The first-order valence-electron chi connectivity index (χ1n) is 1.34. The van der Waals surface area contributed by atoms with Gasteiger partial charge in [0.25, 0.3) is 0 Å². The molecule has 0 rings (SSSR count). The van der Waals surface area contributed by atoms with E-state index in [1.54, 1.807) is 11.4 Å². The predicted molar refractivity (Wildman–Crippen MR) is 32.4 cm³/mol. The van der Waals surface area contributed by atoms with Gasteiger partial charge in [0.2, 0.25) is 0 Å². The van der Waals surface area contributed by atoms with Crippen molar-refractivity contribution in [2.75, 3.05) is 5.75 Å². The Balaban J connectivity index is 2.40. The van der Waals surface area contributed by atoms with Crippen LogP contribution in [-0.4, -0.2) is 5.75 Å². The van der Waals surface area contributed by atoms with Crippen molar-refractivity contribution in [3.05, 3.63) is 12.7 Å². The lowest BCUT2D eigenvalue weighted by molar-refractivity contribution is 1.84. The maximum absolute atomic E-state index is 3.52. The lowest BCUT2D eigenvalue weighted by Gasteiger charge is -1.73. The summed E-state index contributed by atoms with van der Waals surface area (Å²) in [5, 5.41) is 0. The van der Waals surface area contributed by atoms with Crippen LogP contribution in [0.4, 0.5) is 0 Å². The van der Waals surface area contributed by atoms with Gasteiger partial charge in [-0.05, 0) is 0 Å². The van der Waals surface area contributed by atoms with E-state index in [4.69, 9.17) is 0 Å². The van der Waals surface area contributed by atoms with E-state index in [2.05, 4.69) is 15.0 Å². The first-order valence-corrected chi connectivity index (χ1v) is 3.80. The molecule has 1 unspecified atom stereocenters. The molecular formula is C3H7PS. The van der Waals surface area contributed by atoms with Crippen LogP contribution in [-0.2, 0) is 0 Å². The third-order valence-corrected chi connectivity index (χ3v) is 1.22. The van der Waals surface area contributed by atoms with E-state index in [9.17, 15) is 0 Å². The summed E-state index contributed by atoms with van der Waals surface area (Å²) >= 11 is 1.70. The molecule has 0 saturated carbocycles. The summed E-state index contributed by atoms with van der Waals surface area (Å²) < 4.78 is 0. The Kier molecular flexibility index (Phi) is 4.99. The monoisotopic (exact) mass is 106 g/mol. The van der Waals surface area contributed by atoms with Gasteiger partial charge in [-0.3, -0.25) is 0 Å². The SMILES string of the molecule is C=CCSP. The molecule has 0 N–H and O–H groups in total. The van der Waals surface area contributed by atoms with E-state index in [-0.39, 0.29) is 0 Å². The Morgan fingerprint density at radius 3 is 2.60 bits per heavy atom. The van der Waals surface area contributed by atoms with Crippen molar-refractivity contribution < 1.29 is 0 Å². The van der Waals surface area contributed by atoms with Gasteiger partial charge >= 0.3 is 0 Å². The van der Waals surface area contributed by atoms with Gasteiger partial charge in [-0.15, -0.1) is 18.0 Å². The molecular weight excluding hydrogens is 99.1 g/mol. The summed E-state index contributed by atoms with van der Waals surface area (Å²) in [5.74, 6) is 1.03. The summed E-state index contributed by atoms with van der Waals surface area (Å²) in [6.45, 7) is 3.52. The largest absolute Gasteiger partial charge is 0.137 e. The van der Waals surface area contributed by atoms with Crippen LogP contribution in [0.2, 0.25) is 0 Å². The molecule has 1 atom stereocenters. The van der Waals surface area contributed by atoms with Crippen LogP contribution in [0.15, 0.2) is 12.7 Å². The molecule has 0 aromatic heterocycles. The maximum Gasteiger partial charge on any atom is 0.0147 e. The Bertz CT molecular complexity index is 28.1. The fourth-order valence-corrected chi connectivity index (χ4v) is 0.612. The molecule has 2 heteroatoms. The van der Waals surface area contributed by atoms with Gasteiger partial charge in [0.15, 0.2) is 0 Å². The molecule has 0 saturated heterocycles. The van der Waals surface area contributed by atoms with Gasteiger partial charge in [-0.2, -0.15) is 0 Å². The molecule has 0 nitrogen and oxygen atoms in total. The van der Waals surface area contributed by atoms with Crippen molar-refractivity contribution in [3.63, 3.8) is 0 Å². The van der Waals surface area contributed by atoms with Crippen molar-refractivity contribution >= 4 is 19.8 Å². The molecule has 0 aromatic rings. The minimum atomic E-state index is 1.03. The van der Waals surface area contributed by atoms with Gasteiger partial charge in [-0.1, -0.05) is 14.5 Å². The maximum atomic E-state index is 3.52. The lowest BCUT2D eigenvalue weighted by Crippen LogP contribution is -1.51. The van der Waals surface area contributed by atoms with Crippen LogP contribution in [0.5, 0.6) is 0 Å². The molecule has 0 heterocycles. The van der Waals surface area contributed by atoms with Crippen molar-refractivity contribution in [2.24, 2.45) is 0 Å². The Labute approximate surface area is 39.0 Å². The Hall–Kier alpha value is 0.520. The first-order chi connectivity index (χ1) is 2.41. The van der Waals surface area contributed by atoms with Gasteiger partial charge in [0.1, 0.15) is 0 Å². The predicted octanol–water partition coefficient (Wildman–Crippen LogP) is 1.70. The smallest absolute Gasteiger partial charge is 0.0147 e. The molecule has 0 aromatic carbocycles. The van der Waals surface area contributed by atoms with Crippen molar-refractivity contribution in [1.29, 1.82) is 0 Å². The third kappa shape index (κ3) is 4.52. The first kappa shape index (κ1) is 5.52. The Morgan fingerprint density at radius 1 is 2.00 bits per heavy atom. The second-order valence-electron chi connectivity index (χ2n) is 0.622.